The molecule has 4 rings (SSSR count). The Morgan fingerprint density at radius 2 is 1.73 bits per heavy atom. The Hall–Kier alpha value is -3.97. The fraction of sp³-hybridized carbons (Fsp3) is 0.375. The number of esters is 1. The average molecular weight is 626 g/mol. The molecule has 236 valence electrons. The van der Waals surface area contributed by atoms with Crippen molar-refractivity contribution in [3.05, 3.63) is 83.5 Å². The summed E-state index contributed by atoms with van der Waals surface area (Å²) in [7, 11) is -1.24. The smallest absolute Gasteiger partial charge is 0.337 e. The van der Waals surface area contributed by atoms with Gasteiger partial charge in [-0.25, -0.2) is 23.7 Å². The van der Waals surface area contributed by atoms with E-state index in [0.29, 0.717) is 18.7 Å². The van der Waals surface area contributed by atoms with E-state index in [-0.39, 0.29) is 24.7 Å². The second-order valence-corrected chi connectivity index (χ2v) is 11.7. The summed E-state index contributed by atoms with van der Waals surface area (Å²) in [5.74, 6) is 1.21. The van der Waals surface area contributed by atoms with Crippen LogP contribution in [-0.4, -0.2) is 56.6 Å². The Bertz CT molecular complexity index is 1690. The third-order valence-corrected chi connectivity index (χ3v) is 8.30. The Kier molecular flexibility index (Phi) is 11.0. The van der Waals surface area contributed by atoms with Crippen LogP contribution in [0.4, 0.5) is 11.4 Å². The molecule has 1 aliphatic rings. The Morgan fingerprint density at radius 3 is 2.39 bits per heavy atom. The van der Waals surface area contributed by atoms with Gasteiger partial charge in [-0.1, -0.05) is 24.3 Å². The van der Waals surface area contributed by atoms with Gasteiger partial charge in [0.2, 0.25) is 0 Å². The SMILES string of the molecule is CCN1\C(=C/C=C/C=C/c2n(CCCS(=O)(=O)O)c3cc(COOC)ccc3[n+]2CC)N(CC)c2cc(C(=O)OC)ccc21. The summed E-state index contributed by atoms with van der Waals surface area (Å²) in [5, 5.41) is 0. The van der Waals surface area contributed by atoms with Gasteiger partial charge in [-0.3, -0.25) is 4.55 Å². The summed E-state index contributed by atoms with van der Waals surface area (Å²) in [6.07, 6.45) is 10.2. The maximum Gasteiger partial charge on any atom is 0.337 e. The summed E-state index contributed by atoms with van der Waals surface area (Å²) in [5.41, 5.74) is 5.34. The maximum atomic E-state index is 12.1. The molecular weight excluding hydrogens is 584 g/mol. The quantitative estimate of drug-likeness (QED) is 0.0669. The van der Waals surface area contributed by atoms with Crippen molar-refractivity contribution in [1.82, 2.24) is 4.57 Å². The zero-order chi connectivity index (χ0) is 31.9. The van der Waals surface area contributed by atoms with Crippen LogP contribution in [0.15, 0.2) is 66.5 Å². The predicted octanol–water partition coefficient (Wildman–Crippen LogP) is 4.87. The van der Waals surface area contributed by atoms with Crippen molar-refractivity contribution in [3.8, 4) is 0 Å². The summed E-state index contributed by atoms with van der Waals surface area (Å²) in [6.45, 7) is 9.07. The summed E-state index contributed by atoms with van der Waals surface area (Å²) in [4.78, 5) is 26.4. The highest BCUT2D eigenvalue weighted by molar-refractivity contribution is 7.85. The molecule has 12 heteroatoms. The molecule has 44 heavy (non-hydrogen) atoms. The number of carbonyl (C=O) groups is 1. The number of benzene rings is 2. The van der Waals surface area contributed by atoms with Crippen LogP contribution in [0, 0.1) is 0 Å². The molecule has 0 unspecified atom stereocenters. The van der Waals surface area contributed by atoms with Crippen LogP contribution < -0.4 is 14.4 Å². The van der Waals surface area contributed by atoms with Crippen LogP contribution in [-0.2, 0) is 44.3 Å². The zero-order valence-corrected chi connectivity index (χ0v) is 26.7. The molecule has 0 fully saturated rings. The number of imidazole rings is 1. The Labute approximate surface area is 258 Å². The van der Waals surface area contributed by atoms with E-state index >= 15 is 0 Å². The third-order valence-electron chi connectivity index (χ3n) is 7.49. The Balaban J connectivity index is 1.66. The van der Waals surface area contributed by atoms with E-state index < -0.39 is 10.1 Å². The molecule has 0 aliphatic carbocycles. The number of rotatable bonds is 14. The first-order valence-corrected chi connectivity index (χ1v) is 16.3. The molecule has 0 radical (unpaired) electrons. The lowest BCUT2D eigenvalue weighted by atomic mass is 10.1. The fourth-order valence-corrected chi connectivity index (χ4v) is 6.07. The van der Waals surface area contributed by atoms with Crippen molar-refractivity contribution in [3.63, 3.8) is 0 Å². The van der Waals surface area contributed by atoms with E-state index in [1.165, 1.54) is 14.2 Å². The lowest BCUT2D eigenvalue weighted by Crippen LogP contribution is -2.35. The predicted molar refractivity (Wildman–Crippen MR) is 171 cm³/mol. The number of anilines is 2. The molecular formula is C32H41N4O7S+. The molecule has 0 saturated heterocycles. The normalized spacial score (nSPS) is 14.5. The van der Waals surface area contributed by atoms with Gasteiger partial charge in [-0.2, -0.15) is 8.42 Å². The van der Waals surface area contributed by atoms with E-state index in [1.807, 2.05) is 60.7 Å². The van der Waals surface area contributed by atoms with Gasteiger partial charge in [-0.05, 0) is 62.7 Å². The van der Waals surface area contributed by atoms with Crippen molar-refractivity contribution in [2.75, 3.05) is 42.9 Å². The number of ether oxygens (including phenoxy) is 1. The summed E-state index contributed by atoms with van der Waals surface area (Å²) >= 11 is 0. The summed E-state index contributed by atoms with van der Waals surface area (Å²) in [6, 6.07) is 11.6. The third kappa shape index (κ3) is 7.21. The number of allylic oxidation sites excluding steroid dienone is 4. The lowest BCUT2D eigenvalue weighted by Gasteiger charge is -2.23. The fourth-order valence-electron chi connectivity index (χ4n) is 5.57. The van der Waals surface area contributed by atoms with Gasteiger partial charge in [0, 0.05) is 25.6 Å². The van der Waals surface area contributed by atoms with Crippen LogP contribution in [0.3, 0.4) is 0 Å². The first-order chi connectivity index (χ1) is 21.2. The van der Waals surface area contributed by atoms with Gasteiger partial charge in [0.15, 0.2) is 11.0 Å². The number of carbonyl (C=O) groups excluding carboxylic acids is 1. The number of aromatic nitrogens is 2. The van der Waals surface area contributed by atoms with Gasteiger partial charge < -0.3 is 14.5 Å². The van der Waals surface area contributed by atoms with Crippen LogP contribution in [0.2, 0.25) is 0 Å². The largest absolute Gasteiger partial charge is 0.465 e. The van der Waals surface area contributed by atoms with Gasteiger partial charge in [-0.15, -0.1) is 0 Å². The molecule has 0 saturated carbocycles. The molecule has 1 N–H and O–H groups in total. The number of hydrogen-bond donors (Lipinski definition) is 1. The number of aryl methyl sites for hydroxylation is 2. The molecule has 0 bridgehead atoms. The number of methoxy groups -OCH3 is 1. The van der Waals surface area contributed by atoms with E-state index in [9.17, 15) is 17.8 Å². The van der Waals surface area contributed by atoms with Crippen molar-refractivity contribution >= 4 is 44.6 Å². The highest BCUT2D eigenvalue weighted by Gasteiger charge is 2.30. The lowest BCUT2D eigenvalue weighted by molar-refractivity contribution is -0.670. The highest BCUT2D eigenvalue weighted by Crippen LogP contribution is 2.42. The van der Waals surface area contributed by atoms with E-state index in [1.54, 1.807) is 6.07 Å². The summed E-state index contributed by atoms with van der Waals surface area (Å²) < 4.78 is 41.3. The highest BCUT2D eigenvalue weighted by atomic mass is 32.2. The molecule has 2 heterocycles. The minimum atomic E-state index is -4.08. The van der Waals surface area contributed by atoms with Crippen LogP contribution >= 0.6 is 0 Å². The van der Waals surface area contributed by atoms with Crippen LogP contribution in [0.1, 0.15) is 48.9 Å². The molecule has 2 aromatic carbocycles. The van der Waals surface area contributed by atoms with Gasteiger partial charge >= 0.3 is 5.97 Å². The first kappa shape index (κ1) is 32.9. The molecule has 0 atom stereocenters. The average Bonchev–Trinajstić information content (AvgIpc) is 3.48. The monoisotopic (exact) mass is 625 g/mol. The van der Waals surface area contributed by atoms with E-state index in [0.717, 1.165) is 52.7 Å². The second kappa shape index (κ2) is 14.7. The first-order valence-electron chi connectivity index (χ1n) is 14.7. The topological polar surface area (TPSA) is 114 Å². The number of nitrogens with zero attached hydrogens (tertiary/aromatic N) is 4. The maximum absolute atomic E-state index is 12.1. The minimum absolute atomic E-state index is 0.256. The standard InChI is InChI=1S/C32H40N4O7S/c1-6-33-27-18-16-25(32(37)41-4)22-29(27)35(8-3)30(33)13-10-9-11-14-31-34(7-2)26-17-15-24(23-43-42-5)21-28(26)36(31)19-12-20-44(38,39)40/h9-11,13-18,21-22H,6-8,12,19-20,23H2,1-5H3/p+1. The molecule has 1 aliphatic heterocycles. The second-order valence-electron chi connectivity index (χ2n) is 10.1. The number of hydrogen-bond acceptors (Lipinski definition) is 8. The molecule has 1 aromatic heterocycles. The van der Waals surface area contributed by atoms with Gasteiger partial charge in [0.25, 0.3) is 15.9 Å². The van der Waals surface area contributed by atoms with E-state index in [4.69, 9.17) is 14.5 Å². The van der Waals surface area contributed by atoms with Crippen molar-refractivity contribution in [2.24, 2.45) is 0 Å². The molecule has 0 amide bonds. The van der Waals surface area contributed by atoms with Gasteiger partial charge in [0.1, 0.15) is 12.4 Å². The van der Waals surface area contributed by atoms with Crippen LogP contribution in [0.25, 0.3) is 17.1 Å². The Morgan fingerprint density at radius 1 is 0.977 bits per heavy atom. The van der Waals surface area contributed by atoms with Crippen molar-refractivity contribution in [2.45, 2.75) is 46.9 Å². The van der Waals surface area contributed by atoms with Crippen molar-refractivity contribution in [1.29, 1.82) is 0 Å². The molecule has 11 nitrogen and oxygen atoms in total. The van der Waals surface area contributed by atoms with Gasteiger partial charge in [0.05, 0.1) is 50.0 Å². The molecule has 3 aromatic rings. The minimum Gasteiger partial charge on any atom is -0.465 e. The van der Waals surface area contributed by atoms with Crippen molar-refractivity contribution < 1.29 is 36.8 Å². The van der Waals surface area contributed by atoms with E-state index in [2.05, 4.69) is 39.7 Å². The van der Waals surface area contributed by atoms with Crippen LogP contribution in [0.5, 0.6) is 0 Å². The molecule has 0 spiro atoms. The zero-order valence-electron chi connectivity index (χ0n) is 25.9. The number of fused-ring (bicyclic) bond motifs is 2.